The van der Waals surface area contributed by atoms with Crippen molar-refractivity contribution in [1.82, 2.24) is 0 Å². The Morgan fingerprint density at radius 2 is 1.95 bits per heavy atom. The summed E-state index contributed by atoms with van der Waals surface area (Å²) in [6.07, 6.45) is 0. The lowest BCUT2D eigenvalue weighted by Crippen LogP contribution is -2.21. The van der Waals surface area contributed by atoms with Crippen molar-refractivity contribution in [1.29, 1.82) is 5.41 Å². The van der Waals surface area contributed by atoms with Gasteiger partial charge in [0.1, 0.15) is 6.67 Å². The molecule has 0 aromatic heterocycles. The summed E-state index contributed by atoms with van der Waals surface area (Å²) in [7, 11) is 0. The maximum atomic E-state index is 12.8. The van der Waals surface area contributed by atoms with Crippen molar-refractivity contribution in [2.45, 2.75) is 6.67 Å². The zero-order valence-electron chi connectivity index (χ0n) is 11.0. The van der Waals surface area contributed by atoms with Crippen molar-refractivity contribution in [3.05, 3.63) is 64.2 Å². The van der Waals surface area contributed by atoms with Crippen LogP contribution in [0.25, 0.3) is 0 Å². The molecular weight excluding hydrogens is 275 g/mol. The molecule has 0 aliphatic carbocycles. The maximum absolute atomic E-state index is 12.8. The largest absolute Gasteiger partial charge is 0.326 e. The molecule has 0 saturated heterocycles. The third kappa shape index (κ3) is 3.75. The molecule has 0 aliphatic rings. The number of nitro benzene ring substituents is 1. The fourth-order valence-electron chi connectivity index (χ4n) is 1.77. The van der Waals surface area contributed by atoms with Gasteiger partial charge in [-0.15, -0.1) is 0 Å². The number of rotatable bonds is 4. The summed E-state index contributed by atoms with van der Waals surface area (Å²) >= 11 is 0. The van der Waals surface area contributed by atoms with E-state index in [1.165, 1.54) is 18.2 Å². The fraction of sp³-hybridized carbons (Fsp3) is 0.0714. The molecule has 0 unspecified atom stereocenters. The molecule has 0 spiro atoms. The zero-order valence-corrected chi connectivity index (χ0v) is 11.0. The molecule has 0 radical (unpaired) electrons. The van der Waals surface area contributed by atoms with E-state index in [0.717, 1.165) is 0 Å². The van der Waals surface area contributed by atoms with Crippen molar-refractivity contribution < 1.29 is 9.31 Å². The summed E-state index contributed by atoms with van der Waals surface area (Å²) < 4.78 is 12.8. The highest BCUT2D eigenvalue weighted by Gasteiger charge is 2.08. The van der Waals surface area contributed by atoms with Gasteiger partial charge in [-0.25, -0.2) is 4.39 Å². The van der Waals surface area contributed by atoms with E-state index in [2.05, 4.69) is 10.6 Å². The standard InChI is InChI=1S/C14H13FN4O2/c15-9-10-4-1-2-7-13(10)18-14(16)17-11-5-3-6-12(8-11)19(20)21/h1-8H,9H2,(H3,16,17,18). The van der Waals surface area contributed by atoms with Crippen LogP contribution in [0, 0.1) is 15.5 Å². The Morgan fingerprint density at radius 3 is 2.67 bits per heavy atom. The quantitative estimate of drug-likeness (QED) is 0.347. The molecule has 0 amide bonds. The number of para-hydroxylation sites is 1. The van der Waals surface area contributed by atoms with E-state index in [0.29, 0.717) is 16.9 Å². The highest BCUT2D eigenvalue weighted by atomic mass is 19.1. The number of guanidine groups is 1. The highest BCUT2D eigenvalue weighted by Crippen LogP contribution is 2.19. The maximum Gasteiger partial charge on any atom is 0.271 e. The average Bonchev–Trinajstić information content (AvgIpc) is 2.48. The minimum absolute atomic E-state index is 0.0723. The number of alkyl halides is 1. The first-order chi connectivity index (χ1) is 10.1. The topological polar surface area (TPSA) is 91.0 Å². The van der Waals surface area contributed by atoms with Crippen LogP contribution in [0.1, 0.15) is 5.56 Å². The lowest BCUT2D eigenvalue weighted by molar-refractivity contribution is -0.384. The molecule has 7 heteroatoms. The van der Waals surface area contributed by atoms with E-state index in [-0.39, 0.29) is 11.6 Å². The van der Waals surface area contributed by atoms with Crippen LogP contribution < -0.4 is 10.6 Å². The first-order valence-corrected chi connectivity index (χ1v) is 6.11. The zero-order chi connectivity index (χ0) is 15.2. The van der Waals surface area contributed by atoms with Crippen LogP contribution in [0.3, 0.4) is 0 Å². The minimum atomic E-state index is -0.646. The van der Waals surface area contributed by atoms with Gasteiger partial charge < -0.3 is 10.6 Å². The number of nitrogens with zero attached hydrogens (tertiary/aromatic N) is 1. The Balaban J connectivity index is 2.08. The predicted molar refractivity (Wildman–Crippen MR) is 79.3 cm³/mol. The molecule has 0 saturated carbocycles. The SMILES string of the molecule is N=C(Nc1cccc([N+](=O)[O-])c1)Nc1ccccc1CF. The smallest absolute Gasteiger partial charge is 0.271 e. The van der Waals surface area contributed by atoms with Crippen molar-refractivity contribution in [3.8, 4) is 0 Å². The molecule has 108 valence electrons. The number of nitrogens with one attached hydrogen (secondary N) is 3. The third-order valence-corrected chi connectivity index (χ3v) is 2.75. The highest BCUT2D eigenvalue weighted by molar-refractivity contribution is 6.02. The van der Waals surface area contributed by atoms with Crippen LogP contribution in [0.5, 0.6) is 0 Å². The predicted octanol–water partition coefficient (Wildman–Crippen LogP) is 3.52. The Kier molecular flexibility index (Phi) is 4.45. The Hall–Kier alpha value is -2.96. The van der Waals surface area contributed by atoms with Gasteiger partial charge in [-0.1, -0.05) is 24.3 Å². The summed E-state index contributed by atoms with van der Waals surface area (Å²) in [6.45, 7) is -0.646. The van der Waals surface area contributed by atoms with Gasteiger partial charge in [0.25, 0.3) is 5.69 Å². The van der Waals surface area contributed by atoms with Gasteiger partial charge in [-0.3, -0.25) is 15.5 Å². The first kappa shape index (κ1) is 14.4. The van der Waals surface area contributed by atoms with Crippen LogP contribution in [-0.2, 0) is 6.67 Å². The van der Waals surface area contributed by atoms with Crippen molar-refractivity contribution in [2.24, 2.45) is 0 Å². The van der Waals surface area contributed by atoms with E-state index in [1.807, 2.05) is 0 Å². The van der Waals surface area contributed by atoms with Crippen LogP contribution in [0.4, 0.5) is 21.5 Å². The normalized spacial score (nSPS) is 9.95. The number of non-ortho nitro benzene ring substituents is 1. The van der Waals surface area contributed by atoms with Gasteiger partial charge >= 0.3 is 0 Å². The van der Waals surface area contributed by atoms with E-state index < -0.39 is 11.6 Å². The summed E-state index contributed by atoms with van der Waals surface area (Å²) in [6, 6.07) is 12.5. The first-order valence-electron chi connectivity index (χ1n) is 6.11. The van der Waals surface area contributed by atoms with E-state index >= 15 is 0 Å². The summed E-state index contributed by atoms with van der Waals surface area (Å²) in [4.78, 5) is 10.2. The second-order valence-electron chi connectivity index (χ2n) is 4.22. The molecule has 0 aliphatic heterocycles. The molecule has 0 fully saturated rings. The second kappa shape index (κ2) is 6.47. The van der Waals surface area contributed by atoms with Gasteiger partial charge in [0.2, 0.25) is 0 Å². The van der Waals surface area contributed by atoms with Crippen LogP contribution in [0.2, 0.25) is 0 Å². The number of hydrogen-bond acceptors (Lipinski definition) is 3. The molecule has 2 aromatic carbocycles. The van der Waals surface area contributed by atoms with Crippen molar-refractivity contribution in [2.75, 3.05) is 10.6 Å². The van der Waals surface area contributed by atoms with Gasteiger partial charge in [-0.05, 0) is 12.1 Å². The van der Waals surface area contributed by atoms with Crippen LogP contribution >= 0.6 is 0 Å². The lowest BCUT2D eigenvalue weighted by Gasteiger charge is -2.12. The minimum Gasteiger partial charge on any atom is -0.326 e. The average molecular weight is 288 g/mol. The Bertz CT molecular complexity index is 676. The van der Waals surface area contributed by atoms with Crippen LogP contribution in [0.15, 0.2) is 48.5 Å². The number of halogens is 1. The number of nitro groups is 1. The summed E-state index contributed by atoms with van der Waals surface area (Å²) in [5.74, 6) is -0.101. The summed E-state index contributed by atoms with van der Waals surface area (Å²) in [5, 5.41) is 23.9. The van der Waals surface area contributed by atoms with Gasteiger partial charge in [0, 0.05) is 29.1 Å². The number of anilines is 2. The molecule has 6 nitrogen and oxygen atoms in total. The van der Waals surface area contributed by atoms with E-state index in [4.69, 9.17) is 5.41 Å². The van der Waals surface area contributed by atoms with Gasteiger partial charge in [-0.2, -0.15) is 0 Å². The molecule has 3 N–H and O–H groups in total. The van der Waals surface area contributed by atoms with E-state index in [1.54, 1.807) is 30.3 Å². The number of benzene rings is 2. The van der Waals surface area contributed by atoms with Gasteiger partial charge in [0.15, 0.2) is 5.96 Å². The van der Waals surface area contributed by atoms with Crippen LogP contribution in [-0.4, -0.2) is 10.9 Å². The van der Waals surface area contributed by atoms with Crippen molar-refractivity contribution >= 4 is 23.0 Å². The summed E-state index contributed by atoms with van der Waals surface area (Å²) in [5.41, 5.74) is 1.24. The lowest BCUT2D eigenvalue weighted by atomic mass is 10.2. The Morgan fingerprint density at radius 1 is 1.19 bits per heavy atom. The monoisotopic (exact) mass is 288 g/mol. The molecule has 0 atom stereocenters. The van der Waals surface area contributed by atoms with Gasteiger partial charge in [0.05, 0.1) is 4.92 Å². The fourth-order valence-corrected chi connectivity index (χ4v) is 1.77. The molecule has 0 bridgehead atoms. The van der Waals surface area contributed by atoms with Crippen molar-refractivity contribution in [3.63, 3.8) is 0 Å². The van der Waals surface area contributed by atoms with E-state index in [9.17, 15) is 14.5 Å². The Labute approximate surface area is 120 Å². The second-order valence-corrected chi connectivity index (χ2v) is 4.22. The molecular formula is C14H13FN4O2. The third-order valence-electron chi connectivity index (χ3n) is 2.75. The molecule has 2 aromatic rings. The molecule has 0 heterocycles. The molecule has 21 heavy (non-hydrogen) atoms. The number of hydrogen-bond donors (Lipinski definition) is 3. The molecule has 2 rings (SSSR count).